The molecule has 0 bridgehead atoms. The Morgan fingerprint density at radius 1 is 1.11 bits per heavy atom. The first-order valence-electron chi connectivity index (χ1n) is 6.00. The molecule has 2 N–H and O–H groups in total. The number of hydrogen-bond acceptors (Lipinski definition) is 2. The fraction of sp³-hybridized carbons (Fsp3) is 0.200. The molecule has 0 amide bonds. The summed E-state index contributed by atoms with van der Waals surface area (Å²) in [4.78, 5) is 1.10. The Balaban J connectivity index is 1.71. The molecule has 1 fully saturated rings. The maximum absolute atomic E-state index is 6.01. The Kier molecular flexibility index (Phi) is 3.23. The lowest BCUT2D eigenvalue weighted by atomic mass is 10.1. The summed E-state index contributed by atoms with van der Waals surface area (Å²) in [6, 6.07) is 16.3. The van der Waals surface area contributed by atoms with Gasteiger partial charge in [0.25, 0.3) is 0 Å². The van der Waals surface area contributed by atoms with Crippen LogP contribution in [0, 0.1) is 0 Å². The second-order valence-corrected chi connectivity index (χ2v) is 6.31. The van der Waals surface area contributed by atoms with Gasteiger partial charge in [-0.15, -0.1) is 11.8 Å². The molecule has 3 rings (SSSR count). The number of anilines is 1. The zero-order chi connectivity index (χ0) is 12.5. The van der Waals surface area contributed by atoms with Crippen LogP contribution in [0.2, 0.25) is 5.02 Å². The largest absolute Gasteiger partial charge is 0.398 e. The quantitative estimate of drug-likeness (QED) is 0.831. The van der Waals surface area contributed by atoms with Gasteiger partial charge in [0.2, 0.25) is 0 Å². The summed E-state index contributed by atoms with van der Waals surface area (Å²) in [7, 11) is 0. The van der Waals surface area contributed by atoms with Crippen molar-refractivity contribution in [3.05, 3.63) is 59.1 Å². The van der Waals surface area contributed by atoms with Gasteiger partial charge in [-0.1, -0.05) is 41.9 Å². The van der Waals surface area contributed by atoms with Crippen LogP contribution < -0.4 is 5.73 Å². The fourth-order valence-electron chi connectivity index (χ4n) is 2.13. The molecule has 1 nitrogen and oxygen atoms in total. The topological polar surface area (TPSA) is 26.0 Å². The van der Waals surface area contributed by atoms with Gasteiger partial charge in [-0.3, -0.25) is 0 Å². The van der Waals surface area contributed by atoms with Crippen molar-refractivity contribution in [2.24, 2.45) is 0 Å². The lowest BCUT2D eigenvalue weighted by molar-refractivity contribution is 1.13. The smallest absolute Gasteiger partial charge is 0.0453 e. The van der Waals surface area contributed by atoms with E-state index >= 15 is 0 Å². The van der Waals surface area contributed by atoms with E-state index in [0.29, 0.717) is 11.2 Å². The number of hydrogen-bond donors (Lipinski definition) is 1. The van der Waals surface area contributed by atoms with Crippen LogP contribution in [-0.4, -0.2) is 5.25 Å². The van der Waals surface area contributed by atoms with Crippen LogP contribution in [0.15, 0.2) is 53.4 Å². The molecule has 2 aromatic carbocycles. The molecular weight excluding hydrogens is 262 g/mol. The number of nitrogens with two attached hydrogens (primary N) is 1. The van der Waals surface area contributed by atoms with E-state index in [4.69, 9.17) is 17.3 Å². The maximum Gasteiger partial charge on any atom is 0.0453 e. The van der Waals surface area contributed by atoms with Crippen molar-refractivity contribution in [3.8, 4) is 0 Å². The van der Waals surface area contributed by atoms with Crippen molar-refractivity contribution >= 4 is 29.1 Å². The monoisotopic (exact) mass is 275 g/mol. The summed E-state index contributed by atoms with van der Waals surface area (Å²) < 4.78 is 0. The third kappa shape index (κ3) is 2.50. The van der Waals surface area contributed by atoms with Gasteiger partial charge < -0.3 is 5.73 Å². The highest BCUT2D eigenvalue weighted by molar-refractivity contribution is 8.00. The number of thioether (sulfide) groups is 1. The summed E-state index contributed by atoms with van der Waals surface area (Å²) in [5.41, 5.74) is 8.22. The van der Waals surface area contributed by atoms with E-state index in [9.17, 15) is 0 Å². The van der Waals surface area contributed by atoms with Crippen LogP contribution in [0.4, 0.5) is 5.69 Å². The summed E-state index contributed by atoms with van der Waals surface area (Å²) in [5.74, 6) is 0.662. The van der Waals surface area contributed by atoms with Crippen LogP contribution in [-0.2, 0) is 0 Å². The predicted molar refractivity (Wildman–Crippen MR) is 79.3 cm³/mol. The minimum absolute atomic E-state index is 0.633. The molecule has 2 atom stereocenters. The average Bonchev–Trinajstić information content (AvgIpc) is 3.14. The van der Waals surface area contributed by atoms with Gasteiger partial charge in [-0.25, -0.2) is 0 Å². The van der Waals surface area contributed by atoms with E-state index < -0.39 is 0 Å². The minimum atomic E-state index is 0.633. The van der Waals surface area contributed by atoms with Crippen LogP contribution in [0.25, 0.3) is 0 Å². The van der Waals surface area contributed by atoms with Crippen LogP contribution >= 0.6 is 23.4 Å². The number of nitrogen functional groups attached to an aromatic ring is 1. The molecule has 0 saturated heterocycles. The van der Waals surface area contributed by atoms with Crippen molar-refractivity contribution in [1.82, 2.24) is 0 Å². The van der Waals surface area contributed by atoms with E-state index in [1.165, 1.54) is 12.0 Å². The summed E-state index contributed by atoms with van der Waals surface area (Å²) in [6.07, 6.45) is 1.22. The molecule has 92 valence electrons. The normalized spacial score (nSPS) is 21.8. The molecule has 1 aliphatic carbocycles. The Morgan fingerprint density at radius 2 is 1.89 bits per heavy atom. The van der Waals surface area contributed by atoms with E-state index in [1.54, 1.807) is 0 Å². The lowest BCUT2D eigenvalue weighted by Gasteiger charge is -2.05. The zero-order valence-electron chi connectivity index (χ0n) is 9.84. The van der Waals surface area contributed by atoms with Gasteiger partial charge in [-0.2, -0.15) is 0 Å². The molecule has 0 heterocycles. The van der Waals surface area contributed by atoms with Crippen molar-refractivity contribution in [2.75, 3.05) is 5.73 Å². The number of rotatable bonds is 3. The second kappa shape index (κ2) is 4.87. The van der Waals surface area contributed by atoms with Crippen LogP contribution in [0.3, 0.4) is 0 Å². The first-order valence-corrected chi connectivity index (χ1v) is 7.26. The van der Waals surface area contributed by atoms with Gasteiger partial charge in [-0.05, 0) is 36.1 Å². The van der Waals surface area contributed by atoms with E-state index in [2.05, 4.69) is 30.3 Å². The van der Waals surface area contributed by atoms with E-state index in [1.807, 2.05) is 30.0 Å². The fourth-order valence-corrected chi connectivity index (χ4v) is 3.71. The highest BCUT2D eigenvalue weighted by atomic mass is 35.5. The summed E-state index contributed by atoms with van der Waals surface area (Å²) >= 11 is 7.85. The first kappa shape index (κ1) is 11.9. The van der Waals surface area contributed by atoms with Crippen molar-refractivity contribution in [1.29, 1.82) is 0 Å². The highest BCUT2D eigenvalue weighted by Crippen LogP contribution is 2.52. The van der Waals surface area contributed by atoms with Gasteiger partial charge in [0, 0.05) is 20.9 Å². The maximum atomic E-state index is 6.01. The van der Waals surface area contributed by atoms with Gasteiger partial charge in [0.15, 0.2) is 0 Å². The van der Waals surface area contributed by atoms with Crippen molar-refractivity contribution in [2.45, 2.75) is 22.5 Å². The third-order valence-corrected chi connectivity index (χ3v) is 4.88. The van der Waals surface area contributed by atoms with Crippen LogP contribution in [0.5, 0.6) is 0 Å². The molecule has 1 saturated carbocycles. The Bertz CT molecular complexity index is 556. The Hall–Kier alpha value is -1.12. The Labute approximate surface area is 116 Å². The van der Waals surface area contributed by atoms with Gasteiger partial charge in [0.1, 0.15) is 0 Å². The SMILES string of the molecule is Nc1ccc(Cl)cc1SC1CC1c1ccccc1. The number of halogens is 1. The zero-order valence-corrected chi connectivity index (χ0v) is 11.4. The standard InChI is InChI=1S/C15H14ClNS/c16-11-6-7-13(17)15(8-11)18-14-9-12(14)10-4-2-1-3-5-10/h1-8,12,14H,9,17H2. The van der Waals surface area contributed by atoms with E-state index in [-0.39, 0.29) is 0 Å². The second-order valence-electron chi connectivity index (χ2n) is 4.59. The molecule has 18 heavy (non-hydrogen) atoms. The molecule has 0 aromatic heterocycles. The predicted octanol–water partition coefficient (Wildman–Crippen LogP) is 4.57. The molecular formula is C15H14ClNS. The minimum Gasteiger partial charge on any atom is -0.398 e. The molecule has 0 aliphatic heterocycles. The van der Waals surface area contributed by atoms with Gasteiger partial charge in [0.05, 0.1) is 0 Å². The average molecular weight is 276 g/mol. The third-order valence-electron chi connectivity index (χ3n) is 3.21. The molecule has 3 heteroatoms. The summed E-state index contributed by atoms with van der Waals surface area (Å²) in [6.45, 7) is 0. The van der Waals surface area contributed by atoms with E-state index in [0.717, 1.165) is 15.6 Å². The Morgan fingerprint density at radius 3 is 2.67 bits per heavy atom. The molecule has 2 unspecified atom stereocenters. The summed E-state index contributed by atoms with van der Waals surface area (Å²) in [5, 5.41) is 1.39. The molecule has 2 aromatic rings. The van der Waals surface area contributed by atoms with Crippen molar-refractivity contribution in [3.63, 3.8) is 0 Å². The molecule has 0 radical (unpaired) electrons. The van der Waals surface area contributed by atoms with Gasteiger partial charge >= 0.3 is 0 Å². The highest BCUT2D eigenvalue weighted by Gasteiger charge is 2.39. The lowest BCUT2D eigenvalue weighted by Crippen LogP contribution is -1.90. The first-order chi connectivity index (χ1) is 8.74. The van der Waals surface area contributed by atoms with Crippen molar-refractivity contribution < 1.29 is 0 Å². The molecule has 1 aliphatic rings. The van der Waals surface area contributed by atoms with Crippen LogP contribution in [0.1, 0.15) is 17.9 Å². The molecule has 0 spiro atoms. The number of benzene rings is 2.